The maximum atomic E-state index is 14.2. The number of hydrogen-bond donors (Lipinski definition) is 0. The molecule has 1 saturated heterocycles. The second kappa shape index (κ2) is 16.2. The molecule has 2 aliphatic heterocycles. The summed E-state index contributed by atoms with van der Waals surface area (Å²) in [5, 5.41) is 6.19. The molecule has 0 unspecified atom stereocenters. The summed E-state index contributed by atoms with van der Waals surface area (Å²) in [5.74, 6) is -3.28. The van der Waals surface area contributed by atoms with E-state index in [1.165, 1.54) is 12.7 Å². The Kier molecular flexibility index (Phi) is 12.1. The summed E-state index contributed by atoms with van der Waals surface area (Å²) in [5.41, 5.74) is 8.76. The van der Waals surface area contributed by atoms with Gasteiger partial charge in [-0.15, -0.1) is 33.5 Å². The number of methoxy groups -OCH3 is 1. The number of esters is 2. The number of aromatic nitrogens is 3. The standard InChI is InChI=1S/C42H45N4O6.Mg/c1-9-12-21(4)15-16-52-35(48)14-13-27-23(6)30-17-29-22(5)25(10-2)32(43-29)19-34-28(20-47)26(11-3)33(44-34)18-31-24(7)36-40(46-31)37(39(27)45-30)38(41(36)49)42(50)51-8;/h10,15,17-20,23,27,38H,2,9,11-14,16H2,1,3-8H3,(H-,45,46,47,49);/q-3;+2/p-1/b21-15-,30-17-,34-19-;/t23-,27-,38+;/m0./s1. The Hall–Kier alpha value is -4.61. The molecule has 3 aromatic heterocycles. The van der Waals surface area contributed by atoms with Crippen LogP contribution in [-0.4, -0.2) is 60.8 Å². The largest absolute Gasteiger partial charge is 2.00 e. The zero-order chi connectivity index (χ0) is 37.4. The van der Waals surface area contributed by atoms with E-state index in [0.29, 0.717) is 80.0 Å². The number of aldehydes is 1. The number of allylic oxidation sites excluding steroid dienone is 3. The van der Waals surface area contributed by atoms with Gasteiger partial charge in [0.15, 0.2) is 5.78 Å². The van der Waals surface area contributed by atoms with E-state index in [4.69, 9.17) is 29.7 Å². The van der Waals surface area contributed by atoms with Crippen LogP contribution >= 0.6 is 0 Å². The van der Waals surface area contributed by atoms with Gasteiger partial charge in [-0.05, 0) is 63.5 Å². The maximum Gasteiger partial charge on any atom is 2.00 e. The van der Waals surface area contributed by atoms with Gasteiger partial charge in [0.05, 0.1) is 7.11 Å². The van der Waals surface area contributed by atoms with Gasteiger partial charge in [0.1, 0.15) is 18.8 Å². The van der Waals surface area contributed by atoms with Crippen LogP contribution < -0.4 is 25.7 Å². The Bertz CT molecular complexity index is 2230. The number of Topliss-reactive ketones (excluding diaryl/α,β-unsaturated/α-hetero) is 1. The minimum absolute atomic E-state index is 0. The first-order chi connectivity index (χ1) is 25.0. The molecule has 0 radical (unpaired) electrons. The van der Waals surface area contributed by atoms with Crippen molar-refractivity contribution in [3.05, 3.63) is 102 Å². The Morgan fingerprint density at radius 2 is 1.68 bits per heavy atom. The molecule has 0 amide bonds. The fraction of sp³-hybridized carbons (Fsp3) is 0.381. The number of hydrogen-bond acceptors (Lipinski definition) is 6. The van der Waals surface area contributed by atoms with Gasteiger partial charge in [0.25, 0.3) is 0 Å². The molecule has 3 aliphatic rings. The first-order valence-electron chi connectivity index (χ1n) is 17.9. The Morgan fingerprint density at radius 3 is 2.34 bits per heavy atom. The normalized spacial score (nSPS) is 22.4. The van der Waals surface area contributed by atoms with Crippen molar-refractivity contribution in [1.29, 1.82) is 0 Å². The van der Waals surface area contributed by atoms with Crippen molar-refractivity contribution < 1.29 is 28.7 Å². The maximum absolute atomic E-state index is 14.2. The van der Waals surface area contributed by atoms with E-state index in [2.05, 4.69) is 13.5 Å². The van der Waals surface area contributed by atoms with Crippen molar-refractivity contribution in [3.63, 3.8) is 0 Å². The number of ketones is 1. The van der Waals surface area contributed by atoms with E-state index in [1.54, 1.807) is 25.2 Å². The zero-order valence-corrected chi connectivity index (χ0v) is 33.0. The monoisotopic (exact) mass is 724 g/mol. The third-order valence-corrected chi connectivity index (χ3v) is 10.6. The van der Waals surface area contributed by atoms with E-state index in [9.17, 15) is 19.2 Å². The van der Waals surface area contributed by atoms with Gasteiger partial charge < -0.3 is 29.7 Å². The van der Waals surface area contributed by atoms with Crippen molar-refractivity contribution in [2.24, 2.45) is 17.8 Å². The predicted octanol–water partition coefficient (Wildman–Crippen LogP) is 5.23. The van der Waals surface area contributed by atoms with Crippen LogP contribution in [0.4, 0.5) is 0 Å². The molecule has 8 bridgehead atoms. The van der Waals surface area contributed by atoms with Crippen LogP contribution in [0.15, 0.2) is 29.6 Å². The average molecular weight is 725 g/mol. The molecule has 11 heteroatoms. The van der Waals surface area contributed by atoms with Crippen LogP contribution in [0, 0.1) is 31.6 Å². The van der Waals surface area contributed by atoms with Crippen molar-refractivity contribution in [2.45, 2.75) is 73.6 Å². The number of rotatable bonds is 11. The fourth-order valence-corrected chi connectivity index (χ4v) is 7.72. The molecule has 53 heavy (non-hydrogen) atoms. The molecular formula is C42H44MgN4O6-2. The summed E-state index contributed by atoms with van der Waals surface area (Å²) in [6, 6.07) is 0. The molecule has 1 aliphatic carbocycles. The molecule has 272 valence electrons. The topological polar surface area (TPSA) is 143 Å². The van der Waals surface area contributed by atoms with Crippen LogP contribution in [0.2, 0.25) is 0 Å². The molecular weight excluding hydrogens is 681 g/mol. The van der Waals surface area contributed by atoms with Gasteiger partial charge in [-0.25, -0.2) is 0 Å². The molecule has 0 aromatic carbocycles. The molecule has 3 aromatic rings. The average Bonchev–Trinajstić information content (AvgIpc) is 3.87. The Balaban J connectivity index is 0.00000541. The quantitative estimate of drug-likeness (QED) is 0.0854. The molecule has 5 heterocycles. The number of carbonyl (C=O) groups is 4. The zero-order valence-electron chi connectivity index (χ0n) is 31.6. The second-order valence-corrected chi connectivity index (χ2v) is 13.7. The van der Waals surface area contributed by atoms with Gasteiger partial charge >= 0.3 is 35.0 Å². The predicted molar refractivity (Wildman–Crippen MR) is 205 cm³/mol. The van der Waals surface area contributed by atoms with Crippen molar-refractivity contribution in [2.75, 3.05) is 13.7 Å². The van der Waals surface area contributed by atoms with E-state index < -0.39 is 17.7 Å². The van der Waals surface area contributed by atoms with Crippen molar-refractivity contribution in [1.82, 2.24) is 15.0 Å². The van der Waals surface area contributed by atoms with Crippen LogP contribution in [0.5, 0.6) is 0 Å². The van der Waals surface area contributed by atoms with Crippen molar-refractivity contribution >= 4 is 76.9 Å². The molecule has 3 atom stereocenters. The van der Waals surface area contributed by atoms with E-state index in [1.807, 2.05) is 39.8 Å². The van der Waals surface area contributed by atoms with E-state index >= 15 is 0 Å². The summed E-state index contributed by atoms with van der Waals surface area (Å²) in [6.07, 6.45) is 13.0. The molecule has 0 saturated carbocycles. The van der Waals surface area contributed by atoms with Crippen LogP contribution in [0.25, 0.3) is 35.2 Å². The van der Waals surface area contributed by atoms with Crippen molar-refractivity contribution in [3.8, 4) is 0 Å². The Labute approximate surface area is 326 Å². The van der Waals surface area contributed by atoms with Crippen LogP contribution in [-0.2, 0) is 25.5 Å². The summed E-state index contributed by atoms with van der Waals surface area (Å²) in [7, 11) is 1.26. The second-order valence-electron chi connectivity index (χ2n) is 13.7. The minimum Gasteiger partial charge on any atom is -0.664 e. The molecule has 6 rings (SSSR count). The van der Waals surface area contributed by atoms with E-state index in [0.717, 1.165) is 35.8 Å². The summed E-state index contributed by atoms with van der Waals surface area (Å²) in [4.78, 5) is 67.9. The number of ether oxygens (including phenoxy) is 2. The van der Waals surface area contributed by atoms with Gasteiger partial charge in [0, 0.05) is 17.5 Å². The Morgan fingerprint density at radius 1 is 0.962 bits per heavy atom. The molecule has 10 nitrogen and oxygen atoms in total. The summed E-state index contributed by atoms with van der Waals surface area (Å²) >= 11 is 0. The molecule has 0 spiro atoms. The first kappa shape index (κ1) is 39.6. The first-order valence-corrected chi connectivity index (χ1v) is 17.9. The smallest absolute Gasteiger partial charge is 0.664 e. The number of fused-ring (bicyclic) bond motifs is 7. The van der Waals surface area contributed by atoms with E-state index in [-0.39, 0.29) is 53.9 Å². The van der Waals surface area contributed by atoms with Gasteiger partial charge in [-0.1, -0.05) is 85.9 Å². The summed E-state index contributed by atoms with van der Waals surface area (Å²) < 4.78 is 10.8. The number of nitrogens with zero attached hydrogens (tertiary/aromatic N) is 4. The van der Waals surface area contributed by atoms with Gasteiger partial charge in [-0.3, -0.25) is 19.2 Å². The van der Waals surface area contributed by atoms with Gasteiger partial charge in [0.2, 0.25) is 0 Å². The third-order valence-electron chi connectivity index (χ3n) is 10.6. The van der Waals surface area contributed by atoms with Crippen LogP contribution in [0.3, 0.4) is 0 Å². The SMILES string of the molecule is C=Cc1c2[n-]c(c1C)/C=C1\[N-]/C(=C3\c4[n-]c(c(C)c4C(=O)[C@@H]3C(=O)OC)/C=c3\[n-]/c(c(C=O)c3CC)=C\2)[C@@H](CCC(=O)OC/C=C(/C)CCC)[C@@H]1C.[Mg+2]. The third kappa shape index (κ3) is 7.08. The summed E-state index contributed by atoms with van der Waals surface area (Å²) in [6.45, 7) is 16.1. The molecule has 1 fully saturated rings. The van der Waals surface area contributed by atoms with Gasteiger partial charge in [-0.2, -0.15) is 11.4 Å². The molecule has 0 N–H and O–H groups in total. The fourth-order valence-electron chi connectivity index (χ4n) is 7.72. The van der Waals surface area contributed by atoms with Crippen LogP contribution in [0.1, 0.15) is 119 Å². The number of carbonyl (C=O) groups excluding carboxylic acids is 4. The minimum atomic E-state index is -1.26.